The second-order valence-electron chi connectivity index (χ2n) is 6.35. The molecule has 2 aliphatic heterocycles. The van der Waals surface area contributed by atoms with E-state index in [2.05, 4.69) is 24.1 Å². The number of carbonyl (C=O) groups excluding carboxylic acids is 1. The number of halogens is 1. The van der Waals surface area contributed by atoms with Crippen LogP contribution in [0.3, 0.4) is 0 Å². The second kappa shape index (κ2) is 6.76. The molecule has 0 aliphatic carbocycles. The van der Waals surface area contributed by atoms with Gasteiger partial charge in [-0.15, -0.1) is 12.4 Å². The average Bonchev–Trinajstić information content (AvgIpc) is 2.50. The lowest BCUT2D eigenvalue weighted by Crippen LogP contribution is -2.48. The van der Waals surface area contributed by atoms with Crippen LogP contribution in [0, 0.1) is 5.41 Å². The molecule has 0 bridgehead atoms. The predicted molar refractivity (Wildman–Crippen MR) is 77.1 cm³/mol. The Balaban J connectivity index is 0.00000162. The van der Waals surface area contributed by atoms with E-state index in [9.17, 15) is 4.79 Å². The first-order chi connectivity index (χ1) is 8.08. The molecular weight excluding hydrogens is 248 g/mol. The van der Waals surface area contributed by atoms with Gasteiger partial charge in [0, 0.05) is 13.1 Å². The highest BCUT2D eigenvalue weighted by Gasteiger charge is 2.29. The minimum Gasteiger partial charge on any atom is -0.341 e. The van der Waals surface area contributed by atoms with Crippen LogP contribution in [0.4, 0.5) is 0 Å². The maximum atomic E-state index is 12.4. The Kier molecular flexibility index (Phi) is 5.93. The second-order valence-corrected chi connectivity index (χ2v) is 6.35. The summed E-state index contributed by atoms with van der Waals surface area (Å²) in [5.74, 6) is 0.349. The maximum absolute atomic E-state index is 12.4. The molecule has 0 aromatic rings. The van der Waals surface area contributed by atoms with E-state index in [1.807, 2.05) is 0 Å². The van der Waals surface area contributed by atoms with Gasteiger partial charge in [-0.25, -0.2) is 0 Å². The first-order valence-electron chi connectivity index (χ1n) is 7.11. The van der Waals surface area contributed by atoms with Crippen molar-refractivity contribution >= 4 is 18.3 Å². The lowest BCUT2D eigenvalue weighted by atomic mass is 9.85. The van der Waals surface area contributed by atoms with Crippen molar-refractivity contribution in [2.75, 3.05) is 19.6 Å². The number of rotatable bonds is 1. The Morgan fingerprint density at radius 1 is 1.17 bits per heavy atom. The molecule has 0 radical (unpaired) electrons. The summed E-state index contributed by atoms with van der Waals surface area (Å²) in [4.78, 5) is 14.5. The van der Waals surface area contributed by atoms with Crippen LogP contribution >= 0.6 is 12.4 Å². The van der Waals surface area contributed by atoms with Crippen molar-refractivity contribution in [3.63, 3.8) is 0 Å². The van der Waals surface area contributed by atoms with Gasteiger partial charge in [-0.05, 0) is 44.1 Å². The van der Waals surface area contributed by atoms with E-state index in [0.29, 0.717) is 11.3 Å². The summed E-state index contributed by atoms with van der Waals surface area (Å²) in [7, 11) is 0. The quantitative estimate of drug-likeness (QED) is 0.797. The van der Waals surface area contributed by atoms with Crippen LogP contribution in [-0.4, -0.2) is 36.5 Å². The predicted octanol–water partition coefficient (Wildman–Crippen LogP) is 2.59. The van der Waals surface area contributed by atoms with Gasteiger partial charge in [-0.3, -0.25) is 4.79 Å². The zero-order valence-electron chi connectivity index (χ0n) is 11.7. The minimum absolute atomic E-state index is 0. The van der Waals surface area contributed by atoms with E-state index in [0.717, 1.165) is 38.9 Å². The molecule has 1 atom stereocenters. The van der Waals surface area contributed by atoms with Gasteiger partial charge in [0.25, 0.3) is 0 Å². The SMILES string of the molecule is CC1(C)CCCN(C(=O)C2CCCCN2)CC1.Cl. The summed E-state index contributed by atoms with van der Waals surface area (Å²) < 4.78 is 0. The van der Waals surface area contributed by atoms with E-state index in [1.165, 1.54) is 19.3 Å². The summed E-state index contributed by atoms with van der Waals surface area (Å²) in [6.45, 7) is 7.56. The minimum atomic E-state index is 0. The van der Waals surface area contributed by atoms with Crippen molar-refractivity contribution in [1.29, 1.82) is 0 Å². The molecule has 1 unspecified atom stereocenters. The van der Waals surface area contributed by atoms with Crippen molar-refractivity contribution < 1.29 is 4.79 Å². The molecule has 0 aromatic heterocycles. The van der Waals surface area contributed by atoms with Crippen LogP contribution in [0.2, 0.25) is 0 Å². The van der Waals surface area contributed by atoms with Crippen molar-refractivity contribution in [2.24, 2.45) is 5.41 Å². The van der Waals surface area contributed by atoms with Crippen LogP contribution in [0.1, 0.15) is 52.4 Å². The third-order valence-electron chi connectivity index (χ3n) is 4.26. The summed E-state index contributed by atoms with van der Waals surface area (Å²) in [5.41, 5.74) is 0.412. The fourth-order valence-corrected chi connectivity index (χ4v) is 2.93. The van der Waals surface area contributed by atoms with Crippen LogP contribution in [0.15, 0.2) is 0 Å². The zero-order chi connectivity index (χ0) is 12.3. The van der Waals surface area contributed by atoms with Crippen LogP contribution in [0.25, 0.3) is 0 Å². The molecule has 4 heteroatoms. The Labute approximate surface area is 117 Å². The number of nitrogens with zero attached hydrogens (tertiary/aromatic N) is 1. The first kappa shape index (κ1) is 15.8. The monoisotopic (exact) mass is 274 g/mol. The number of amides is 1. The fourth-order valence-electron chi connectivity index (χ4n) is 2.93. The van der Waals surface area contributed by atoms with Crippen molar-refractivity contribution in [1.82, 2.24) is 10.2 Å². The smallest absolute Gasteiger partial charge is 0.239 e. The number of hydrogen-bond donors (Lipinski definition) is 1. The van der Waals surface area contributed by atoms with Gasteiger partial charge >= 0.3 is 0 Å². The normalized spacial score (nSPS) is 28.1. The van der Waals surface area contributed by atoms with Crippen molar-refractivity contribution in [3.8, 4) is 0 Å². The standard InChI is InChI=1S/C14H26N2O.ClH/c1-14(2)7-5-10-16(11-8-14)13(17)12-6-3-4-9-15-12;/h12,15H,3-11H2,1-2H3;1H. The fraction of sp³-hybridized carbons (Fsp3) is 0.929. The number of piperidine rings is 1. The van der Waals surface area contributed by atoms with Crippen LogP contribution < -0.4 is 5.32 Å². The molecule has 3 nitrogen and oxygen atoms in total. The molecule has 2 rings (SSSR count). The van der Waals surface area contributed by atoms with Crippen molar-refractivity contribution in [2.45, 2.75) is 58.4 Å². The Hall–Kier alpha value is -0.280. The van der Waals surface area contributed by atoms with E-state index >= 15 is 0 Å². The zero-order valence-corrected chi connectivity index (χ0v) is 12.5. The molecule has 0 spiro atoms. The van der Waals surface area contributed by atoms with Crippen LogP contribution in [0.5, 0.6) is 0 Å². The van der Waals surface area contributed by atoms with E-state index in [1.54, 1.807) is 0 Å². The first-order valence-corrected chi connectivity index (χ1v) is 7.11. The Bertz CT molecular complexity index is 275. The summed E-state index contributed by atoms with van der Waals surface area (Å²) >= 11 is 0. The lowest BCUT2D eigenvalue weighted by molar-refractivity contribution is -0.134. The number of nitrogens with one attached hydrogen (secondary N) is 1. The molecule has 2 fully saturated rings. The Morgan fingerprint density at radius 2 is 1.94 bits per heavy atom. The van der Waals surface area contributed by atoms with Gasteiger partial charge in [0.1, 0.15) is 0 Å². The molecular formula is C14H27ClN2O. The maximum Gasteiger partial charge on any atom is 0.239 e. The number of hydrogen-bond acceptors (Lipinski definition) is 2. The third kappa shape index (κ3) is 4.13. The number of likely N-dealkylation sites (tertiary alicyclic amines) is 1. The lowest BCUT2D eigenvalue weighted by Gasteiger charge is -2.29. The molecule has 0 aromatic carbocycles. The van der Waals surface area contributed by atoms with Gasteiger partial charge in [0.2, 0.25) is 5.91 Å². The van der Waals surface area contributed by atoms with Gasteiger partial charge in [-0.2, -0.15) is 0 Å². The molecule has 1 N–H and O–H groups in total. The highest BCUT2D eigenvalue weighted by atomic mass is 35.5. The molecule has 0 saturated carbocycles. The van der Waals surface area contributed by atoms with Gasteiger partial charge in [0.15, 0.2) is 0 Å². The summed E-state index contributed by atoms with van der Waals surface area (Å²) in [6.07, 6.45) is 6.99. The highest BCUT2D eigenvalue weighted by molar-refractivity contribution is 5.85. The topological polar surface area (TPSA) is 32.3 Å². The van der Waals surface area contributed by atoms with E-state index in [-0.39, 0.29) is 18.4 Å². The Morgan fingerprint density at radius 3 is 2.61 bits per heavy atom. The molecule has 106 valence electrons. The third-order valence-corrected chi connectivity index (χ3v) is 4.26. The van der Waals surface area contributed by atoms with E-state index in [4.69, 9.17) is 0 Å². The summed E-state index contributed by atoms with van der Waals surface area (Å²) in [6, 6.07) is 0.102. The molecule has 18 heavy (non-hydrogen) atoms. The summed E-state index contributed by atoms with van der Waals surface area (Å²) in [5, 5.41) is 3.37. The van der Waals surface area contributed by atoms with Gasteiger partial charge < -0.3 is 10.2 Å². The van der Waals surface area contributed by atoms with Gasteiger partial charge in [0.05, 0.1) is 6.04 Å². The van der Waals surface area contributed by atoms with Gasteiger partial charge in [-0.1, -0.05) is 20.3 Å². The molecule has 2 heterocycles. The molecule has 2 saturated heterocycles. The van der Waals surface area contributed by atoms with Crippen LogP contribution in [-0.2, 0) is 4.79 Å². The van der Waals surface area contributed by atoms with E-state index < -0.39 is 0 Å². The molecule has 2 aliphatic rings. The van der Waals surface area contributed by atoms with Crippen molar-refractivity contribution in [3.05, 3.63) is 0 Å². The molecule has 1 amide bonds. The average molecular weight is 275 g/mol. The highest BCUT2D eigenvalue weighted by Crippen LogP contribution is 2.30. The number of carbonyl (C=O) groups is 1. The largest absolute Gasteiger partial charge is 0.341 e.